The van der Waals surface area contributed by atoms with Crippen LogP contribution in [0.25, 0.3) is 0 Å². The van der Waals surface area contributed by atoms with Crippen molar-refractivity contribution in [2.45, 2.75) is 45.8 Å². The third kappa shape index (κ3) is 3.99. The Balaban J connectivity index is 1.90. The van der Waals surface area contributed by atoms with Crippen molar-refractivity contribution in [3.63, 3.8) is 0 Å². The van der Waals surface area contributed by atoms with Crippen LogP contribution < -0.4 is 0 Å². The molecule has 2 rings (SSSR count). The SMILES string of the molecule is CCCN1CCOC(C(O)Cc2nc(C)c(C)s2)C1. The molecule has 0 aromatic carbocycles. The van der Waals surface area contributed by atoms with Gasteiger partial charge in [0.1, 0.15) is 0 Å². The Kier molecular flexibility index (Phi) is 5.33. The highest BCUT2D eigenvalue weighted by Crippen LogP contribution is 2.20. The quantitative estimate of drug-likeness (QED) is 0.895. The molecule has 108 valence electrons. The Hall–Kier alpha value is -0.490. The number of nitrogens with zero attached hydrogens (tertiary/aromatic N) is 2. The molecule has 2 unspecified atom stereocenters. The zero-order valence-electron chi connectivity index (χ0n) is 12.1. The molecule has 1 fully saturated rings. The smallest absolute Gasteiger partial charge is 0.0965 e. The molecule has 2 atom stereocenters. The van der Waals surface area contributed by atoms with Gasteiger partial charge in [-0.25, -0.2) is 4.98 Å². The first-order chi connectivity index (χ1) is 9.10. The first-order valence-electron chi connectivity index (χ1n) is 7.05. The van der Waals surface area contributed by atoms with Crippen LogP contribution in [0.4, 0.5) is 0 Å². The van der Waals surface area contributed by atoms with Crippen LogP contribution in [0.15, 0.2) is 0 Å². The summed E-state index contributed by atoms with van der Waals surface area (Å²) in [6.07, 6.45) is 1.21. The topological polar surface area (TPSA) is 45.6 Å². The van der Waals surface area contributed by atoms with Crippen LogP contribution in [0.5, 0.6) is 0 Å². The second-order valence-electron chi connectivity index (χ2n) is 5.23. The molecule has 1 aromatic rings. The van der Waals surface area contributed by atoms with Gasteiger partial charge in [0.2, 0.25) is 0 Å². The Morgan fingerprint density at radius 3 is 2.95 bits per heavy atom. The standard InChI is InChI=1S/C14H24N2O2S/c1-4-5-16-6-7-18-13(9-16)12(17)8-14-15-10(2)11(3)19-14/h12-13,17H,4-9H2,1-3H3. The first-order valence-corrected chi connectivity index (χ1v) is 7.86. The number of aromatic nitrogens is 1. The number of hydrogen-bond donors (Lipinski definition) is 1. The van der Waals surface area contributed by atoms with E-state index in [4.69, 9.17) is 4.74 Å². The molecule has 0 aliphatic carbocycles. The monoisotopic (exact) mass is 284 g/mol. The fourth-order valence-electron chi connectivity index (χ4n) is 2.42. The molecule has 1 saturated heterocycles. The number of aryl methyl sites for hydroxylation is 2. The maximum Gasteiger partial charge on any atom is 0.0965 e. The summed E-state index contributed by atoms with van der Waals surface area (Å²) >= 11 is 1.68. The second kappa shape index (κ2) is 6.79. The van der Waals surface area contributed by atoms with Crippen molar-refractivity contribution >= 4 is 11.3 Å². The summed E-state index contributed by atoms with van der Waals surface area (Å²) in [6.45, 7) is 9.89. The minimum absolute atomic E-state index is 0.0789. The van der Waals surface area contributed by atoms with Crippen LogP contribution >= 0.6 is 11.3 Å². The van der Waals surface area contributed by atoms with Crippen LogP contribution in [0, 0.1) is 13.8 Å². The normalized spacial score (nSPS) is 22.6. The van der Waals surface area contributed by atoms with Crippen LogP contribution in [0.2, 0.25) is 0 Å². The van der Waals surface area contributed by atoms with Gasteiger partial charge < -0.3 is 9.84 Å². The van der Waals surface area contributed by atoms with Crippen molar-refractivity contribution < 1.29 is 9.84 Å². The van der Waals surface area contributed by atoms with Gasteiger partial charge >= 0.3 is 0 Å². The number of hydrogen-bond acceptors (Lipinski definition) is 5. The predicted octanol–water partition coefficient (Wildman–Crippen LogP) is 1.77. The van der Waals surface area contributed by atoms with Crippen molar-refractivity contribution in [2.24, 2.45) is 0 Å². The summed E-state index contributed by atoms with van der Waals surface area (Å²) in [7, 11) is 0. The molecule has 4 nitrogen and oxygen atoms in total. The molecule has 0 bridgehead atoms. The first kappa shape index (κ1) is 14.9. The predicted molar refractivity (Wildman–Crippen MR) is 77.8 cm³/mol. The van der Waals surface area contributed by atoms with E-state index in [1.807, 2.05) is 6.92 Å². The van der Waals surface area contributed by atoms with E-state index in [-0.39, 0.29) is 6.10 Å². The lowest BCUT2D eigenvalue weighted by molar-refractivity contribution is -0.0877. The molecule has 1 N–H and O–H groups in total. The molecular weight excluding hydrogens is 260 g/mol. The van der Waals surface area contributed by atoms with Gasteiger partial charge in [0.05, 0.1) is 29.5 Å². The molecule has 1 aliphatic rings. The Bertz CT molecular complexity index is 387. The van der Waals surface area contributed by atoms with Gasteiger partial charge in [-0.2, -0.15) is 0 Å². The molecule has 19 heavy (non-hydrogen) atoms. The summed E-state index contributed by atoms with van der Waals surface area (Å²) in [5.74, 6) is 0. The molecule has 0 radical (unpaired) electrons. The summed E-state index contributed by atoms with van der Waals surface area (Å²) < 4.78 is 5.71. The van der Waals surface area contributed by atoms with Crippen LogP contribution in [0.3, 0.4) is 0 Å². The lowest BCUT2D eigenvalue weighted by atomic mass is 10.1. The maximum atomic E-state index is 10.3. The van der Waals surface area contributed by atoms with Gasteiger partial charge in [-0.15, -0.1) is 11.3 Å². The van der Waals surface area contributed by atoms with Crippen molar-refractivity contribution in [1.29, 1.82) is 0 Å². The highest BCUT2D eigenvalue weighted by molar-refractivity contribution is 7.11. The minimum Gasteiger partial charge on any atom is -0.390 e. The number of aliphatic hydroxyl groups excluding tert-OH is 1. The number of rotatable bonds is 5. The summed E-state index contributed by atoms with van der Waals surface area (Å²) in [5, 5.41) is 11.3. The van der Waals surface area contributed by atoms with E-state index in [0.29, 0.717) is 6.42 Å². The molecule has 0 saturated carbocycles. The van der Waals surface area contributed by atoms with Crippen molar-refractivity contribution in [1.82, 2.24) is 9.88 Å². The number of ether oxygens (including phenoxy) is 1. The highest BCUT2D eigenvalue weighted by atomic mass is 32.1. The van der Waals surface area contributed by atoms with Crippen LogP contribution in [0.1, 0.15) is 28.9 Å². The molecule has 1 aromatic heterocycles. The summed E-state index contributed by atoms with van der Waals surface area (Å²) in [6, 6.07) is 0. The van der Waals surface area contributed by atoms with Crippen molar-refractivity contribution in [2.75, 3.05) is 26.2 Å². The van der Waals surface area contributed by atoms with Crippen molar-refractivity contribution in [3.05, 3.63) is 15.6 Å². The van der Waals surface area contributed by atoms with Gasteiger partial charge in [-0.1, -0.05) is 6.92 Å². The number of aliphatic hydroxyl groups is 1. The summed E-state index contributed by atoms with van der Waals surface area (Å²) in [4.78, 5) is 8.10. The van der Waals surface area contributed by atoms with E-state index in [2.05, 4.69) is 23.7 Å². The van der Waals surface area contributed by atoms with Crippen LogP contribution in [-0.4, -0.2) is 53.4 Å². The fourth-order valence-corrected chi connectivity index (χ4v) is 3.40. The minimum atomic E-state index is -0.454. The lowest BCUT2D eigenvalue weighted by Crippen LogP contribution is -2.48. The average Bonchev–Trinajstić information content (AvgIpc) is 2.69. The average molecular weight is 284 g/mol. The van der Waals surface area contributed by atoms with E-state index in [9.17, 15) is 5.11 Å². The fraction of sp³-hybridized carbons (Fsp3) is 0.786. The number of thiazole rings is 1. The molecular formula is C14H24N2O2S. The van der Waals surface area contributed by atoms with Gasteiger partial charge in [0, 0.05) is 24.4 Å². The van der Waals surface area contributed by atoms with E-state index in [1.165, 1.54) is 4.88 Å². The molecule has 2 heterocycles. The Morgan fingerprint density at radius 2 is 2.32 bits per heavy atom. The molecule has 0 amide bonds. The number of morpholine rings is 1. The lowest BCUT2D eigenvalue weighted by Gasteiger charge is -2.34. The van der Waals surface area contributed by atoms with Crippen LogP contribution in [-0.2, 0) is 11.2 Å². The van der Waals surface area contributed by atoms with Gasteiger partial charge in [-0.05, 0) is 26.8 Å². The Labute approximate surface area is 119 Å². The van der Waals surface area contributed by atoms with Gasteiger partial charge in [0.25, 0.3) is 0 Å². The summed E-state index contributed by atoms with van der Waals surface area (Å²) in [5.41, 5.74) is 1.07. The maximum absolute atomic E-state index is 10.3. The molecule has 5 heteroatoms. The van der Waals surface area contributed by atoms with E-state index in [1.54, 1.807) is 11.3 Å². The van der Waals surface area contributed by atoms with E-state index in [0.717, 1.165) is 43.4 Å². The van der Waals surface area contributed by atoms with Gasteiger partial charge in [-0.3, -0.25) is 4.90 Å². The largest absolute Gasteiger partial charge is 0.390 e. The third-order valence-electron chi connectivity index (χ3n) is 3.60. The van der Waals surface area contributed by atoms with Gasteiger partial charge in [0.15, 0.2) is 0 Å². The Morgan fingerprint density at radius 1 is 1.53 bits per heavy atom. The molecule has 1 aliphatic heterocycles. The third-order valence-corrected chi connectivity index (χ3v) is 4.70. The highest BCUT2D eigenvalue weighted by Gasteiger charge is 2.27. The van der Waals surface area contributed by atoms with Crippen molar-refractivity contribution in [3.8, 4) is 0 Å². The van der Waals surface area contributed by atoms with E-state index < -0.39 is 6.10 Å². The van der Waals surface area contributed by atoms with E-state index >= 15 is 0 Å². The molecule has 0 spiro atoms. The zero-order valence-corrected chi connectivity index (χ0v) is 12.9. The zero-order chi connectivity index (χ0) is 13.8. The second-order valence-corrected chi connectivity index (χ2v) is 6.52.